The van der Waals surface area contributed by atoms with Gasteiger partial charge in [0.05, 0.1) is 0 Å². The van der Waals surface area contributed by atoms with Gasteiger partial charge in [-0.25, -0.2) is 4.79 Å². The molecule has 6 nitrogen and oxygen atoms in total. The summed E-state index contributed by atoms with van der Waals surface area (Å²) in [4.78, 5) is 32.7. The van der Waals surface area contributed by atoms with E-state index in [1.54, 1.807) is 0 Å². The van der Waals surface area contributed by atoms with Gasteiger partial charge in [-0.3, -0.25) is 14.6 Å². The number of benzene rings is 1. The number of urea groups is 1. The first-order valence-corrected chi connectivity index (χ1v) is 12.1. The van der Waals surface area contributed by atoms with Crippen LogP contribution in [0.4, 0.5) is 4.79 Å². The van der Waals surface area contributed by atoms with Crippen LogP contribution in [0.1, 0.15) is 52.5 Å². The maximum Gasteiger partial charge on any atom is 0.327 e. The molecule has 1 spiro atoms. The minimum Gasteiger partial charge on any atom is -0.350 e. The van der Waals surface area contributed by atoms with Crippen LogP contribution < -0.4 is 0 Å². The molecule has 0 radical (unpaired) electrons. The molecule has 0 bridgehead atoms. The highest BCUT2D eigenvalue weighted by atomic mass is 16.2. The first-order chi connectivity index (χ1) is 15.2. The molecular formula is C26H38N4O2. The van der Waals surface area contributed by atoms with Crippen molar-refractivity contribution in [2.75, 3.05) is 26.2 Å². The van der Waals surface area contributed by atoms with Gasteiger partial charge in [0.2, 0.25) is 0 Å². The molecule has 3 heterocycles. The molecule has 1 aromatic heterocycles. The van der Waals surface area contributed by atoms with E-state index in [0.29, 0.717) is 19.0 Å². The lowest BCUT2D eigenvalue weighted by Crippen LogP contribution is -2.56. The highest BCUT2D eigenvalue weighted by Gasteiger charge is 2.57. The number of likely N-dealkylation sites (tertiary alicyclic amines) is 1. The van der Waals surface area contributed by atoms with Crippen molar-refractivity contribution in [1.82, 2.24) is 19.3 Å². The highest BCUT2D eigenvalue weighted by Crippen LogP contribution is 2.38. The Bertz CT molecular complexity index is 985. The van der Waals surface area contributed by atoms with E-state index < -0.39 is 5.54 Å². The van der Waals surface area contributed by atoms with Crippen LogP contribution in [-0.4, -0.2) is 62.9 Å². The number of carbonyl (C=O) groups is 2. The minimum absolute atomic E-state index is 0.0322. The van der Waals surface area contributed by atoms with Gasteiger partial charge in [0.1, 0.15) is 5.54 Å². The van der Waals surface area contributed by atoms with Crippen molar-refractivity contribution in [1.29, 1.82) is 0 Å². The van der Waals surface area contributed by atoms with E-state index in [2.05, 4.69) is 74.7 Å². The maximum absolute atomic E-state index is 13.6. The molecule has 0 N–H and O–H groups in total. The summed E-state index contributed by atoms with van der Waals surface area (Å²) in [6.45, 7) is 12.2. The van der Waals surface area contributed by atoms with Crippen LogP contribution in [0.5, 0.6) is 0 Å². The number of carbonyl (C=O) groups excluding carboxylic acids is 2. The van der Waals surface area contributed by atoms with Gasteiger partial charge in [-0.15, -0.1) is 0 Å². The van der Waals surface area contributed by atoms with Crippen molar-refractivity contribution in [3.8, 4) is 0 Å². The molecule has 1 aromatic carbocycles. The van der Waals surface area contributed by atoms with Gasteiger partial charge in [0.25, 0.3) is 5.91 Å². The summed E-state index contributed by atoms with van der Waals surface area (Å²) in [7, 11) is 2.09. The van der Waals surface area contributed by atoms with Crippen LogP contribution in [0, 0.1) is 11.8 Å². The Kier molecular flexibility index (Phi) is 6.35. The Morgan fingerprint density at radius 3 is 2.34 bits per heavy atom. The molecule has 4 rings (SSSR count). The Hall–Kier alpha value is -2.34. The fourth-order valence-corrected chi connectivity index (χ4v) is 5.36. The number of nitrogens with zero attached hydrogens (tertiary/aromatic N) is 4. The third kappa shape index (κ3) is 4.05. The molecule has 2 aromatic rings. The van der Waals surface area contributed by atoms with Gasteiger partial charge in [0, 0.05) is 56.9 Å². The van der Waals surface area contributed by atoms with Crippen LogP contribution in [0.3, 0.4) is 0 Å². The molecule has 2 fully saturated rings. The third-order valence-electron chi connectivity index (χ3n) is 7.16. The largest absolute Gasteiger partial charge is 0.350 e. The Morgan fingerprint density at radius 2 is 1.69 bits per heavy atom. The molecular weight excluding hydrogens is 400 g/mol. The van der Waals surface area contributed by atoms with E-state index in [0.717, 1.165) is 38.9 Å². The summed E-state index contributed by atoms with van der Waals surface area (Å²) < 4.78 is 2.19. The number of imide groups is 1. The maximum atomic E-state index is 13.6. The first-order valence-electron chi connectivity index (χ1n) is 12.1. The van der Waals surface area contributed by atoms with E-state index in [1.165, 1.54) is 21.4 Å². The number of piperidine rings is 1. The van der Waals surface area contributed by atoms with Crippen LogP contribution in [0.2, 0.25) is 0 Å². The zero-order chi connectivity index (χ0) is 23.0. The van der Waals surface area contributed by atoms with Crippen LogP contribution >= 0.6 is 0 Å². The van der Waals surface area contributed by atoms with Crippen molar-refractivity contribution in [3.63, 3.8) is 0 Å². The Balaban J connectivity index is 1.52. The van der Waals surface area contributed by atoms with E-state index in [-0.39, 0.29) is 17.9 Å². The average molecular weight is 439 g/mol. The lowest BCUT2D eigenvalue weighted by molar-refractivity contribution is -0.136. The van der Waals surface area contributed by atoms with Gasteiger partial charge in [0.15, 0.2) is 0 Å². The fourth-order valence-electron chi connectivity index (χ4n) is 5.36. The summed E-state index contributed by atoms with van der Waals surface area (Å²) in [5, 5.41) is 1.30. The molecule has 0 saturated carbocycles. The van der Waals surface area contributed by atoms with Gasteiger partial charge in [-0.2, -0.15) is 0 Å². The molecule has 174 valence electrons. The van der Waals surface area contributed by atoms with E-state index in [9.17, 15) is 9.59 Å². The number of para-hydroxylation sites is 1. The number of amides is 3. The predicted molar refractivity (Wildman–Crippen MR) is 128 cm³/mol. The smallest absolute Gasteiger partial charge is 0.327 e. The first kappa shape index (κ1) is 22.8. The fraction of sp³-hybridized carbons (Fsp3) is 0.615. The number of hydrogen-bond acceptors (Lipinski definition) is 3. The number of fused-ring (bicyclic) bond motifs is 1. The van der Waals surface area contributed by atoms with Crippen LogP contribution in [-0.2, 0) is 18.4 Å². The molecule has 32 heavy (non-hydrogen) atoms. The molecule has 0 aliphatic carbocycles. The van der Waals surface area contributed by atoms with Gasteiger partial charge in [-0.05, 0) is 42.7 Å². The Morgan fingerprint density at radius 1 is 1.00 bits per heavy atom. The SMILES string of the molecule is CC(C)CCN1C(=O)N(CC(C)C)C(=O)C12CCN(Cc1cn(C)c3ccccc13)CC2. The zero-order valence-corrected chi connectivity index (χ0v) is 20.3. The van der Waals surface area contributed by atoms with Gasteiger partial charge >= 0.3 is 6.03 Å². The number of hydrogen-bond donors (Lipinski definition) is 0. The van der Waals surface area contributed by atoms with Crippen molar-refractivity contribution in [2.45, 2.75) is 59.0 Å². The second-order valence-corrected chi connectivity index (χ2v) is 10.5. The average Bonchev–Trinajstić information content (AvgIpc) is 3.16. The monoisotopic (exact) mass is 438 g/mol. The second-order valence-electron chi connectivity index (χ2n) is 10.5. The summed E-state index contributed by atoms with van der Waals surface area (Å²) in [6, 6.07) is 8.44. The minimum atomic E-state index is -0.657. The summed E-state index contributed by atoms with van der Waals surface area (Å²) >= 11 is 0. The number of aromatic nitrogens is 1. The van der Waals surface area contributed by atoms with Crippen molar-refractivity contribution >= 4 is 22.8 Å². The molecule has 2 aliphatic heterocycles. The molecule has 6 heteroatoms. The summed E-state index contributed by atoms with van der Waals surface area (Å²) in [5.74, 6) is 0.807. The molecule has 2 aliphatic rings. The van der Waals surface area contributed by atoms with E-state index in [1.807, 2.05) is 4.90 Å². The van der Waals surface area contributed by atoms with E-state index >= 15 is 0 Å². The normalized spacial score (nSPS) is 19.5. The zero-order valence-electron chi connectivity index (χ0n) is 20.3. The standard InChI is InChI=1S/C26H38N4O2/c1-19(2)10-13-30-25(32)29(16-20(3)4)24(31)26(30)11-14-28(15-12-26)18-21-17-27(5)23-9-7-6-8-22(21)23/h6-9,17,19-20H,10-16,18H2,1-5H3. The lowest BCUT2D eigenvalue weighted by Gasteiger charge is -2.42. The third-order valence-corrected chi connectivity index (χ3v) is 7.16. The predicted octanol–water partition coefficient (Wildman–Crippen LogP) is 4.48. The van der Waals surface area contributed by atoms with Gasteiger partial charge < -0.3 is 9.47 Å². The second kappa shape index (κ2) is 8.89. The molecule has 0 atom stereocenters. The van der Waals surface area contributed by atoms with Crippen molar-refractivity contribution in [3.05, 3.63) is 36.0 Å². The van der Waals surface area contributed by atoms with Crippen LogP contribution in [0.25, 0.3) is 10.9 Å². The topological polar surface area (TPSA) is 48.8 Å². The summed E-state index contributed by atoms with van der Waals surface area (Å²) in [6.07, 6.45) is 4.58. The van der Waals surface area contributed by atoms with Gasteiger partial charge in [-0.1, -0.05) is 45.9 Å². The van der Waals surface area contributed by atoms with Crippen LogP contribution in [0.15, 0.2) is 30.5 Å². The van der Waals surface area contributed by atoms with E-state index in [4.69, 9.17) is 0 Å². The number of aryl methyl sites for hydroxylation is 1. The Labute approximate surface area is 192 Å². The lowest BCUT2D eigenvalue weighted by atomic mass is 9.85. The van der Waals surface area contributed by atoms with Crippen molar-refractivity contribution < 1.29 is 9.59 Å². The van der Waals surface area contributed by atoms with Crippen molar-refractivity contribution in [2.24, 2.45) is 18.9 Å². The highest BCUT2D eigenvalue weighted by molar-refractivity contribution is 6.07. The number of rotatable bonds is 7. The quantitative estimate of drug-likeness (QED) is 0.599. The summed E-state index contributed by atoms with van der Waals surface area (Å²) in [5.41, 5.74) is 1.92. The molecule has 0 unspecified atom stereocenters. The molecule has 3 amide bonds. The molecule has 2 saturated heterocycles.